The zero-order valence-corrected chi connectivity index (χ0v) is 23.0. The summed E-state index contributed by atoms with van der Waals surface area (Å²) in [5.74, 6) is 0.714. The lowest BCUT2D eigenvalue weighted by Gasteiger charge is -2.50. The molecule has 0 amide bonds. The van der Waals surface area contributed by atoms with Crippen LogP contribution < -0.4 is 9.47 Å². The molecule has 1 aliphatic carbocycles. The molecule has 5 heterocycles. The highest BCUT2D eigenvalue weighted by Crippen LogP contribution is 2.51. The van der Waals surface area contributed by atoms with Gasteiger partial charge < -0.3 is 69.3 Å². The molecule has 43 heavy (non-hydrogen) atoms. The number of aliphatic hydroxyl groups is 8. The normalized spacial score (nSPS) is 45.4. The van der Waals surface area contributed by atoms with Crippen LogP contribution in [0.25, 0.3) is 0 Å². The summed E-state index contributed by atoms with van der Waals surface area (Å²) in [4.78, 5) is 2.29. The van der Waals surface area contributed by atoms with E-state index in [1.54, 1.807) is 0 Å². The monoisotopic (exact) mass is 611 g/mol. The van der Waals surface area contributed by atoms with Gasteiger partial charge in [0.05, 0.1) is 19.3 Å². The van der Waals surface area contributed by atoms with Crippen LogP contribution in [0.15, 0.2) is 23.8 Å². The summed E-state index contributed by atoms with van der Waals surface area (Å²) in [5, 5.41) is 82.6. The van der Waals surface area contributed by atoms with Gasteiger partial charge in [-0.2, -0.15) is 0 Å². The van der Waals surface area contributed by atoms with Crippen molar-refractivity contribution in [2.75, 3.05) is 26.6 Å². The van der Waals surface area contributed by atoms with Crippen LogP contribution in [0.5, 0.6) is 11.5 Å². The maximum atomic E-state index is 10.9. The van der Waals surface area contributed by atoms with Gasteiger partial charge in [0.1, 0.15) is 54.9 Å². The van der Waals surface area contributed by atoms with Crippen molar-refractivity contribution in [1.29, 1.82) is 0 Å². The Kier molecular flexibility index (Phi) is 7.91. The Morgan fingerprint density at radius 3 is 2.00 bits per heavy atom. The molecule has 1 aromatic rings. The van der Waals surface area contributed by atoms with Crippen molar-refractivity contribution in [3.05, 3.63) is 34.9 Å². The highest BCUT2D eigenvalue weighted by molar-refractivity contribution is 5.53. The van der Waals surface area contributed by atoms with Crippen LogP contribution in [0.1, 0.15) is 23.5 Å². The number of nitrogens with zero attached hydrogens (tertiary/aromatic N) is 1. The molecule has 0 radical (unpaired) electrons. The third kappa shape index (κ3) is 4.87. The molecule has 14 atom stereocenters. The number of fused-ring (bicyclic) bond motifs is 3. The van der Waals surface area contributed by atoms with Crippen molar-refractivity contribution in [2.24, 2.45) is 0 Å². The third-order valence-corrected chi connectivity index (χ3v) is 9.50. The molecule has 0 bridgehead atoms. The van der Waals surface area contributed by atoms with Gasteiger partial charge in [0, 0.05) is 25.0 Å². The molecular weight excluding hydrogens is 574 g/mol. The van der Waals surface area contributed by atoms with Crippen LogP contribution in [0.4, 0.5) is 0 Å². The van der Waals surface area contributed by atoms with Crippen molar-refractivity contribution in [3.8, 4) is 11.5 Å². The fraction of sp³-hybridized carbons (Fsp3) is 0.714. The van der Waals surface area contributed by atoms with Crippen molar-refractivity contribution < 1.29 is 69.3 Å². The van der Waals surface area contributed by atoms with Crippen molar-refractivity contribution in [1.82, 2.24) is 4.90 Å². The van der Waals surface area contributed by atoms with Gasteiger partial charge in [-0.1, -0.05) is 11.6 Å². The molecule has 6 aliphatic rings. The fourth-order valence-corrected chi connectivity index (χ4v) is 7.26. The summed E-state index contributed by atoms with van der Waals surface area (Å²) in [5.41, 5.74) is 2.87. The Morgan fingerprint density at radius 1 is 0.767 bits per heavy atom. The standard InChI is InChI=1S/C28H37NO14/c30-7-16-20(32)22(34)24(36)27(41-16)40-15-3-10-1-2-29-6-11-4-13-14(39-9-38-13)5-12(11)18(19(10)29)26(15)43-28-25(37)23(35)21(33)17(8-31)42-28/h3-5,15-28,30-37H,1-2,6-9H2/t15-,16+,17+,18-,19+,20+,21+,22-,23-,24+,25+,26+,27+,28-/m0/s1. The van der Waals surface area contributed by atoms with Gasteiger partial charge in [0.15, 0.2) is 24.1 Å². The van der Waals surface area contributed by atoms with Crippen molar-refractivity contribution in [2.45, 2.75) is 98.5 Å². The first-order chi connectivity index (χ1) is 20.7. The smallest absolute Gasteiger partial charge is 0.231 e. The number of aliphatic hydroxyl groups excluding tert-OH is 8. The van der Waals surface area contributed by atoms with E-state index in [-0.39, 0.29) is 12.8 Å². The predicted molar refractivity (Wildman–Crippen MR) is 139 cm³/mol. The van der Waals surface area contributed by atoms with E-state index in [4.69, 9.17) is 28.4 Å². The molecule has 5 aliphatic heterocycles. The lowest BCUT2D eigenvalue weighted by atomic mass is 9.73. The molecule has 7 rings (SSSR count). The van der Waals surface area contributed by atoms with Crippen molar-refractivity contribution >= 4 is 0 Å². The lowest BCUT2D eigenvalue weighted by molar-refractivity contribution is -0.339. The van der Waals surface area contributed by atoms with Crippen LogP contribution in [0.2, 0.25) is 0 Å². The second kappa shape index (κ2) is 11.4. The Morgan fingerprint density at radius 2 is 1.37 bits per heavy atom. The van der Waals surface area contributed by atoms with Crippen LogP contribution in [-0.4, -0.2) is 152 Å². The zero-order chi connectivity index (χ0) is 30.2. The van der Waals surface area contributed by atoms with Gasteiger partial charge >= 0.3 is 0 Å². The topological polar surface area (TPSA) is 220 Å². The zero-order valence-electron chi connectivity index (χ0n) is 23.0. The number of hydrogen-bond donors (Lipinski definition) is 8. The van der Waals surface area contributed by atoms with Gasteiger partial charge in [-0.3, -0.25) is 4.90 Å². The van der Waals surface area contributed by atoms with E-state index in [9.17, 15) is 40.9 Å². The molecular formula is C28H37NO14. The third-order valence-electron chi connectivity index (χ3n) is 9.50. The highest BCUT2D eigenvalue weighted by Gasteiger charge is 2.55. The maximum Gasteiger partial charge on any atom is 0.231 e. The molecule has 238 valence electrons. The lowest BCUT2D eigenvalue weighted by Crippen LogP contribution is -2.63. The van der Waals surface area contributed by atoms with Crippen LogP contribution in [0.3, 0.4) is 0 Å². The van der Waals surface area contributed by atoms with Gasteiger partial charge in [0.25, 0.3) is 0 Å². The summed E-state index contributed by atoms with van der Waals surface area (Å²) in [6.07, 6.45) is -14.6. The largest absolute Gasteiger partial charge is 0.454 e. The van der Waals surface area contributed by atoms with Gasteiger partial charge in [-0.05, 0) is 29.7 Å². The molecule has 0 saturated carbocycles. The molecule has 15 nitrogen and oxygen atoms in total. The Hall–Kier alpha value is -1.96. The number of ether oxygens (including phenoxy) is 6. The molecule has 3 saturated heterocycles. The molecule has 0 spiro atoms. The van der Waals surface area contributed by atoms with Crippen LogP contribution in [-0.2, 0) is 25.5 Å². The number of rotatable bonds is 6. The minimum atomic E-state index is -1.68. The van der Waals surface area contributed by atoms with E-state index in [1.807, 2.05) is 18.2 Å². The Balaban J connectivity index is 1.28. The van der Waals surface area contributed by atoms with E-state index in [0.29, 0.717) is 24.5 Å². The van der Waals surface area contributed by atoms with E-state index in [2.05, 4.69) is 4.90 Å². The number of hydrogen-bond acceptors (Lipinski definition) is 15. The molecule has 1 aromatic carbocycles. The maximum absolute atomic E-state index is 10.9. The Labute approximate surface area is 246 Å². The first-order valence-electron chi connectivity index (χ1n) is 14.5. The van der Waals surface area contributed by atoms with Gasteiger partial charge in [-0.25, -0.2) is 0 Å². The minimum Gasteiger partial charge on any atom is -0.454 e. The van der Waals surface area contributed by atoms with E-state index < -0.39 is 92.8 Å². The summed E-state index contributed by atoms with van der Waals surface area (Å²) >= 11 is 0. The van der Waals surface area contributed by atoms with Crippen LogP contribution in [0, 0.1) is 0 Å². The molecule has 8 N–H and O–H groups in total. The second-order valence-corrected chi connectivity index (χ2v) is 11.9. The van der Waals surface area contributed by atoms with Gasteiger partial charge in [0.2, 0.25) is 6.79 Å². The highest BCUT2D eigenvalue weighted by atomic mass is 16.7. The van der Waals surface area contributed by atoms with Gasteiger partial charge in [-0.15, -0.1) is 0 Å². The summed E-state index contributed by atoms with van der Waals surface area (Å²) in [6, 6.07) is 3.66. The molecule has 15 heteroatoms. The molecule has 0 aromatic heterocycles. The predicted octanol–water partition coefficient (Wildman–Crippen LogP) is -3.60. The Bertz CT molecular complexity index is 1230. The fourth-order valence-electron chi connectivity index (χ4n) is 7.26. The van der Waals surface area contributed by atoms with Crippen molar-refractivity contribution in [3.63, 3.8) is 0 Å². The van der Waals surface area contributed by atoms with E-state index >= 15 is 0 Å². The van der Waals surface area contributed by atoms with E-state index in [1.165, 1.54) is 0 Å². The SMILES string of the molecule is OC[C@H]1O[C@@H](O[C@H]2[C@H]3c4cc5c(cc4CN4CCC(=C[C@@H]2O[C@@H]2O[C@H](CO)[C@@H](O)[C@H](O)[C@H]2O)[C@H]34)OCO5)[C@H](O)[C@@H](O)[C@@H]1O. The average Bonchev–Trinajstić information content (AvgIpc) is 3.64. The second-order valence-electron chi connectivity index (χ2n) is 11.9. The molecule has 0 unspecified atom stereocenters. The summed E-state index contributed by atoms with van der Waals surface area (Å²) in [7, 11) is 0. The molecule has 3 fully saturated rings. The first kappa shape index (κ1) is 29.7. The quantitative estimate of drug-likeness (QED) is 0.146. The first-order valence-corrected chi connectivity index (χ1v) is 14.5. The summed E-state index contributed by atoms with van der Waals surface area (Å²) < 4.78 is 35.4. The van der Waals surface area contributed by atoms with E-state index in [0.717, 1.165) is 23.2 Å². The summed E-state index contributed by atoms with van der Waals surface area (Å²) in [6.45, 7) is 0.169. The van der Waals surface area contributed by atoms with Crippen LogP contribution >= 0.6 is 0 Å². The average molecular weight is 612 g/mol. The minimum absolute atomic E-state index is 0.0782. The number of benzene rings is 1.